The minimum Gasteiger partial charge on any atom is -0.351 e. The SMILES string of the molecule is CC.CC.CC1=CNC(C)=NC1. The summed E-state index contributed by atoms with van der Waals surface area (Å²) >= 11 is 0. The molecule has 0 unspecified atom stereocenters. The Morgan fingerprint density at radius 1 is 1.17 bits per heavy atom. The van der Waals surface area contributed by atoms with E-state index in [9.17, 15) is 0 Å². The van der Waals surface area contributed by atoms with Gasteiger partial charge in [-0.25, -0.2) is 0 Å². The zero-order valence-corrected chi connectivity index (χ0v) is 9.23. The molecule has 12 heavy (non-hydrogen) atoms. The van der Waals surface area contributed by atoms with Crippen LogP contribution >= 0.6 is 0 Å². The smallest absolute Gasteiger partial charge is 0.0974 e. The Morgan fingerprint density at radius 3 is 1.92 bits per heavy atom. The fraction of sp³-hybridized carbons (Fsp3) is 0.700. The number of nitrogens with one attached hydrogen (secondary N) is 1. The van der Waals surface area contributed by atoms with Crippen molar-refractivity contribution in [3.8, 4) is 0 Å². The van der Waals surface area contributed by atoms with Gasteiger partial charge in [-0.3, -0.25) is 4.99 Å². The van der Waals surface area contributed by atoms with Crippen molar-refractivity contribution in [2.24, 2.45) is 4.99 Å². The molecule has 0 bridgehead atoms. The molecule has 0 radical (unpaired) electrons. The molecule has 1 heterocycles. The Balaban J connectivity index is 0. The fourth-order valence-electron chi connectivity index (χ4n) is 0.562. The van der Waals surface area contributed by atoms with Crippen LogP contribution in [0.2, 0.25) is 0 Å². The average molecular weight is 170 g/mol. The molecule has 0 amide bonds. The van der Waals surface area contributed by atoms with Gasteiger partial charge in [0.25, 0.3) is 0 Å². The monoisotopic (exact) mass is 170 g/mol. The van der Waals surface area contributed by atoms with Crippen LogP contribution in [-0.2, 0) is 0 Å². The highest BCUT2D eigenvalue weighted by Crippen LogP contribution is 1.95. The van der Waals surface area contributed by atoms with Gasteiger partial charge in [-0.15, -0.1) is 0 Å². The molecule has 1 N–H and O–H groups in total. The molecule has 0 aromatic carbocycles. The summed E-state index contributed by atoms with van der Waals surface area (Å²) in [6.07, 6.45) is 1.99. The third-order valence-electron chi connectivity index (χ3n) is 1.09. The largest absolute Gasteiger partial charge is 0.351 e. The molecule has 0 fully saturated rings. The lowest BCUT2D eigenvalue weighted by molar-refractivity contribution is 1.02. The van der Waals surface area contributed by atoms with Crippen LogP contribution < -0.4 is 5.32 Å². The van der Waals surface area contributed by atoms with E-state index in [1.165, 1.54) is 5.57 Å². The van der Waals surface area contributed by atoms with E-state index < -0.39 is 0 Å². The van der Waals surface area contributed by atoms with Crippen LogP contribution in [0.4, 0.5) is 0 Å². The molecule has 72 valence electrons. The van der Waals surface area contributed by atoms with Gasteiger partial charge in [0.05, 0.1) is 12.4 Å². The van der Waals surface area contributed by atoms with Crippen LogP contribution in [0, 0.1) is 0 Å². The summed E-state index contributed by atoms with van der Waals surface area (Å²) in [6.45, 7) is 12.9. The van der Waals surface area contributed by atoms with Crippen molar-refractivity contribution in [2.45, 2.75) is 41.5 Å². The normalized spacial score (nSPS) is 13.5. The minimum atomic E-state index is 0.860. The summed E-state index contributed by atoms with van der Waals surface area (Å²) in [5, 5.41) is 3.02. The lowest BCUT2D eigenvalue weighted by Gasteiger charge is -2.07. The second-order valence-corrected chi connectivity index (χ2v) is 2.04. The molecular formula is C10H22N2. The van der Waals surface area contributed by atoms with Crippen molar-refractivity contribution in [1.82, 2.24) is 5.32 Å². The minimum absolute atomic E-state index is 0.860. The molecule has 0 saturated carbocycles. The predicted molar refractivity (Wildman–Crippen MR) is 57.6 cm³/mol. The molecule has 1 aliphatic rings. The molecule has 2 nitrogen and oxygen atoms in total. The maximum absolute atomic E-state index is 4.15. The zero-order chi connectivity index (χ0) is 9.98. The average Bonchev–Trinajstić information content (AvgIpc) is 2.17. The molecule has 0 aromatic rings. The lowest BCUT2D eigenvalue weighted by atomic mass is 10.3. The topological polar surface area (TPSA) is 24.4 Å². The molecule has 0 saturated heterocycles. The van der Waals surface area contributed by atoms with Crippen LogP contribution in [0.1, 0.15) is 41.5 Å². The van der Waals surface area contributed by atoms with Crippen LogP contribution in [-0.4, -0.2) is 12.4 Å². The van der Waals surface area contributed by atoms with Gasteiger partial charge in [0.1, 0.15) is 0 Å². The second kappa shape index (κ2) is 10.2. The Hall–Kier alpha value is -0.790. The number of hydrogen-bond acceptors (Lipinski definition) is 2. The van der Waals surface area contributed by atoms with E-state index in [4.69, 9.17) is 0 Å². The van der Waals surface area contributed by atoms with E-state index in [-0.39, 0.29) is 0 Å². The van der Waals surface area contributed by atoms with Gasteiger partial charge in [-0.1, -0.05) is 27.7 Å². The number of amidine groups is 1. The summed E-state index contributed by atoms with van der Waals surface area (Å²) in [7, 11) is 0. The van der Waals surface area contributed by atoms with E-state index in [1.54, 1.807) is 0 Å². The Labute approximate surface area is 76.8 Å². The van der Waals surface area contributed by atoms with Crippen molar-refractivity contribution < 1.29 is 0 Å². The molecule has 0 spiro atoms. The second-order valence-electron chi connectivity index (χ2n) is 2.04. The van der Waals surface area contributed by atoms with Crippen molar-refractivity contribution >= 4 is 5.84 Å². The van der Waals surface area contributed by atoms with Gasteiger partial charge in [0.15, 0.2) is 0 Å². The van der Waals surface area contributed by atoms with E-state index in [0.717, 1.165) is 12.4 Å². The molecule has 0 atom stereocenters. The Morgan fingerprint density at radius 2 is 1.67 bits per heavy atom. The van der Waals surface area contributed by atoms with E-state index in [1.807, 2.05) is 40.8 Å². The van der Waals surface area contributed by atoms with Gasteiger partial charge in [0, 0.05) is 6.20 Å². The first kappa shape index (κ1) is 13.8. The molecule has 1 rings (SSSR count). The lowest BCUT2D eigenvalue weighted by Crippen LogP contribution is -2.18. The molecule has 0 aromatic heterocycles. The molecular weight excluding hydrogens is 148 g/mol. The van der Waals surface area contributed by atoms with Crippen LogP contribution in [0.5, 0.6) is 0 Å². The number of nitrogens with zero attached hydrogens (tertiary/aromatic N) is 1. The van der Waals surface area contributed by atoms with Crippen LogP contribution in [0.25, 0.3) is 0 Å². The van der Waals surface area contributed by atoms with Gasteiger partial charge in [-0.2, -0.15) is 0 Å². The van der Waals surface area contributed by atoms with Gasteiger partial charge in [-0.05, 0) is 19.4 Å². The Bertz CT molecular complexity index is 128. The first-order chi connectivity index (χ1) is 5.79. The number of aliphatic imine (C=N–C) groups is 1. The maximum Gasteiger partial charge on any atom is 0.0974 e. The first-order valence-corrected chi connectivity index (χ1v) is 4.72. The fourth-order valence-corrected chi connectivity index (χ4v) is 0.562. The van der Waals surface area contributed by atoms with E-state index in [0.29, 0.717) is 0 Å². The standard InChI is InChI=1S/C6H10N2.2C2H6/c1-5-3-7-6(2)8-4-5;2*1-2/h3H,4H2,1-2H3,(H,7,8);2*1-2H3. The van der Waals surface area contributed by atoms with Crippen molar-refractivity contribution in [3.05, 3.63) is 11.8 Å². The number of rotatable bonds is 0. The quantitative estimate of drug-likeness (QED) is 0.594. The molecule has 0 aliphatic carbocycles. The first-order valence-electron chi connectivity index (χ1n) is 4.72. The van der Waals surface area contributed by atoms with Gasteiger partial charge in [0.2, 0.25) is 0 Å². The maximum atomic E-state index is 4.15. The van der Waals surface area contributed by atoms with Crippen LogP contribution in [0.15, 0.2) is 16.8 Å². The van der Waals surface area contributed by atoms with Gasteiger partial charge < -0.3 is 5.32 Å². The summed E-state index contributed by atoms with van der Waals surface area (Å²) in [5.41, 5.74) is 1.29. The van der Waals surface area contributed by atoms with Crippen molar-refractivity contribution in [1.29, 1.82) is 0 Å². The molecule has 2 heteroatoms. The van der Waals surface area contributed by atoms with Crippen molar-refractivity contribution in [3.63, 3.8) is 0 Å². The summed E-state index contributed by atoms with van der Waals surface area (Å²) < 4.78 is 0. The summed E-state index contributed by atoms with van der Waals surface area (Å²) in [6, 6.07) is 0. The highest BCUT2D eigenvalue weighted by molar-refractivity contribution is 5.81. The Kier molecular flexibility index (Phi) is 11.7. The summed E-state index contributed by atoms with van der Waals surface area (Å²) in [4.78, 5) is 4.15. The molecule has 1 aliphatic heterocycles. The third kappa shape index (κ3) is 7.32. The zero-order valence-electron chi connectivity index (χ0n) is 9.23. The van der Waals surface area contributed by atoms with E-state index >= 15 is 0 Å². The highest BCUT2D eigenvalue weighted by Gasteiger charge is 1.94. The van der Waals surface area contributed by atoms with Crippen molar-refractivity contribution in [2.75, 3.05) is 6.54 Å². The van der Waals surface area contributed by atoms with Gasteiger partial charge >= 0.3 is 0 Å². The van der Waals surface area contributed by atoms with E-state index in [2.05, 4.69) is 17.2 Å². The third-order valence-corrected chi connectivity index (χ3v) is 1.09. The van der Waals surface area contributed by atoms with Crippen LogP contribution in [0.3, 0.4) is 0 Å². The summed E-state index contributed by atoms with van der Waals surface area (Å²) in [5.74, 6) is 1.01. The highest BCUT2D eigenvalue weighted by atomic mass is 15.0. The number of hydrogen-bond donors (Lipinski definition) is 1. The predicted octanol–water partition coefficient (Wildman–Crippen LogP) is 2.96.